The molecule has 0 fully saturated rings. The predicted molar refractivity (Wildman–Crippen MR) is 61.3 cm³/mol. The number of esters is 2. The van der Waals surface area contributed by atoms with Crippen molar-refractivity contribution in [3.8, 4) is 11.8 Å². The molecule has 0 aliphatic carbocycles. The van der Waals surface area contributed by atoms with Crippen LogP contribution in [0.15, 0.2) is 24.3 Å². The lowest BCUT2D eigenvalue weighted by molar-refractivity contribution is -0.136. The van der Waals surface area contributed by atoms with Crippen molar-refractivity contribution in [2.75, 3.05) is 13.7 Å². The van der Waals surface area contributed by atoms with E-state index in [0.29, 0.717) is 17.7 Å². The third-order valence-corrected chi connectivity index (χ3v) is 1.89. The first-order chi connectivity index (χ1) is 8.17. The average molecular weight is 232 g/mol. The highest BCUT2D eigenvalue weighted by atomic mass is 16.5. The first-order valence-electron chi connectivity index (χ1n) is 5.04. The first kappa shape index (κ1) is 12.8. The van der Waals surface area contributed by atoms with E-state index in [4.69, 9.17) is 0 Å². The summed E-state index contributed by atoms with van der Waals surface area (Å²) < 4.78 is 9.21. The summed E-state index contributed by atoms with van der Waals surface area (Å²) in [5, 5.41) is 0. The molecular formula is C13H12O4. The van der Waals surface area contributed by atoms with Gasteiger partial charge in [0.15, 0.2) is 0 Å². The Kier molecular flexibility index (Phi) is 4.77. The summed E-state index contributed by atoms with van der Waals surface area (Å²) in [7, 11) is 1.32. The van der Waals surface area contributed by atoms with Crippen molar-refractivity contribution in [2.45, 2.75) is 6.92 Å². The Morgan fingerprint density at radius 2 is 1.88 bits per heavy atom. The van der Waals surface area contributed by atoms with Gasteiger partial charge in [-0.25, -0.2) is 9.59 Å². The molecule has 4 heteroatoms. The topological polar surface area (TPSA) is 52.6 Å². The molecule has 0 radical (unpaired) electrons. The normalized spacial score (nSPS) is 8.82. The summed E-state index contributed by atoms with van der Waals surface area (Å²) in [6, 6.07) is 6.44. The summed E-state index contributed by atoms with van der Waals surface area (Å²) in [6.07, 6.45) is 0. The zero-order chi connectivity index (χ0) is 12.7. The number of hydrogen-bond acceptors (Lipinski definition) is 4. The number of carbonyl (C=O) groups excluding carboxylic acids is 2. The van der Waals surface area contributed by atoms with Crippen molar-refractivity contribution in [3.63, 3.8) is 0 Å². The lowest BCUT2D eigenvalue weighted by Crippen LogP contribution is -2.01. The van der Waals surface area contributed by atoms with E-state index >= 15 is 0 Å². The predicted octanol–water partition coefficient (Wildman–Crippen LogP) is 1.39. The summed E-state index contributed by atoms with van der Waals surface area (Å²) in [4.78, 5) is 22.1. The monoisotopic (exact) mass is 232 g/mol. The minimum atomic E-state index is -0.565. The first-order valence-corrected chi connectivity index (χ1v) is 5.04. The quantitative estimate of drug-likeness (QED) is 0.571. The minimum absolute atomic E-state index is 0.300. The Morgan fingerprint density at radius 1 is 1.24 bits per heavy atom. The van der Waals surface area contributed by atoms with Gasteiger partial charge in [-0.2, -0.15) is 0 Å². The second-order valence-electron chi connectivity index (χ2n) is 3.04. The number of ether oxygens (including phenoxy) is 2. The van der Waals surface area contributed by atoms with E-state index in [0.717, 1.165) is 0 Å². The lowest BCUT2D eigenvalue weighted by atomic mass is 10.1. The van der Waals surface area contributed by atoms with Gasteiger partial charge in [-0.3, -0.25) is 0 Å². The largest absolute Gasteiger partial charge is 0.465 e. The summed E-state index contributed by atoms with van der Waals surface area (Å²) >= 11 is 0. The summed E-state index contributed by atoms with van der Waals surface area (Å²) in [5.74, 6) is 4.00. The van der Waals surface area contributed by atoms with Crippen molar-refractivity contribution >= 4 is 11.9 Å². The van der Waals surface area contributed by atoms with Gasteiger partial charge in [-0.1, -0.05) is 5.92 Å². The fourth-order valence-electron chi connectivity index (χ4n) is 1.10. The third-order valence-electron chi connectivity index (χ3n) is 1.89. The molecule has 0 spiro atoms. The van der Waals surface area contributed by atoms with Crippen LogP contribution >= 0.6 is 0 Å². The van der Waals surface area contributed by atoms with E-state index in [9.17, 15) is 9.59 Å². The van der Waals surface area contributed by atoms with Gasteiger partial charge in [0, 0.05) is 11.5 Å². The van der Waals surface area contributed by atoms with Gasteiger partial charge < -0.3 is 9.47 Å². The Morgan fingerprint density at radius 3 is 2.41 bits per heavy atom. The Bertz CT molecular complexity index is 462. The molecule has 0 saturated heterocycles. The van der Waals surface area contributed by atoms with Gasteiger partial charge in [-0.05, 0) is 31.2 Å². The maximum Gasteiger partial charge on any atom is 0.384 e. The summed E-state index contributed by atoms with van der Waals surface area (Å²) in [5.41, 5.74) is 1.07. The highest BCUT2D eigenvalue weighted by molar-refractivity contribution is 5.90. The summed E-state index contributed by atoms with van der Waals surface area (Å²) in [6.45, 7) is 2.01. The van der Waals surface area contributed by atoms with Gasteiger partial charge in [0.2, 0.25) is 0 Å². The second kappa shape index (κ2) is 6.33. The molecular weight excluding hydrogens is 220 g/mol. The molecule has 0 aromatic heterocycles. The SMILES string of the molecule is CCOC(=O)C#Cc1ccc(C(=O)OC)cc1. The fraction of sp³-hybridized carbons (Fsp3) is 0.231. The van der Waals surface area contributed by atoms with E-state index in [1.165, 1.54) is 7.11 Å². The lowest BCUT2D eigenvalue weighted by Gasteiger charge is -1.98. The molecule has 0 bridgehead atoms. The minimum Gasteiger partial charge on any atom is -0.465 e. The van der Waals surface area contributed by atoms with Gasteiger partial charge in [0.1, 0.15) is 0 Å². The second-order valence-corrected chi connectivity index (χ2v) is 3.04. The third kappa shape index (κ3) is 3.99. The van der Waals surface area contributed by atoms with Crippen LogP contribution in [0.1, 0.15) is 22.8 Å². The van der Waals surface area contributed by atoms with Crippen LogP contribution < -0.4 is 0 Å². The molecule has 17 heavy (non-hydrogen) atoms. The fourth-order valence-corrected chi connectivity index (χ4v) is 1.10. The highest BCUT2D eigenvalue weighted by Crippen LogP contribution is 2.04. The van der Waals surface area contributed by atoms with E-state index in [-0.39, 0.29) is 0 Å². The average Bonchev–Trinajstić information content (AvgIpc) is 2.36. The van der Waals surface area contributed by atoms with Crippen LogP contribution in [-0.2, 0) is 14.3 Å². The van der Waals surface area contributed by atoms with Crippen molar-refractivity contribution in [1.82, 2.24) is 0 Å². The van der Waals surface area contributed by atoms with E-state index < -0.39 is 11.9 Å². The molecule has 0 aliphatic rings. The maximum absolute atomic E-state index is 11.1. The van der Waals surface area contributed by atoms with Gasteiger partial charge in [0.05, 0.1) is 19.3 Å². The van der Waals surface area contributed by atoms with Crippen LogP contribution in [0.25, 0.3) is 0 Å². The van der Waals surface area contributed by atoms with Crippen molar-refractivity contribution in [2.24, 2.45) is 0 Å². The Labute approximate surface area is 99.5 Å². The standard InChI is InChI=1S/C13H12O4/c1-3-17-12(14)9-6-10-4-7-11(8-5-10)13(15)16-2/h4-5,7-8H,3H2,1-2H3. The number of benzene rings is 1. The number of methoxy groups -OCH3 is 1. The van der Waals surface area contributed by atoms with Crippen LogP contribution in [0.2, 0.25) is 0 Å². The van der Waals surface area contributed by atoms with Crippen molar-refractivity contribution in [1.29, 1.82) is 0 Å². The molecule has 0 aliphatic heterocycles. The smallest absolute Gasteiger partial charge is 0.384 e. The van der Waals surface area contributed by atoms with Crippen LogP contribution in [0.5, 0.6) is 0 Å². The molecule has 1 aromatic carbocycles. The number of carbonyl (C=O) groups is 2. The molecule has 88 valence electrons. The number of rotatable bonds is 2. The molecule has 0 atom stereocenters. The van der Waals surface area contributed by atoms with Crippen LogP contribution in [-0.4, -0.2) is 25.7 Å². The molecule has 0 N–H and O–H groups in total. The molecule has 0 saturated carbocycles. The van der Waals surface area contributed by atoms with E-state index in [2.05, 4.69) is 21.3 Å². The van der Waals surface area contributed by atoms with Crippen molar-refractivity contribution < 1.29 is 19.1 Å². The molecule has 1 aromatic rings. The molecule has 0 unspecified atom stereocenters. The van der Waals surface area contributed by atoms with Gasteiger partial charge in [0.25, 0.3) is 0 Å². The molecule has 1 rings (SSSR count). The zero-order valence-electron chi connectivity index (χ0n) is 9.65. The van der Waals surface area contributed by atoms with Crippen LogP contribution in [0.4, 0.5) is 0 Å². The van der Waals surface area contributed by atoms with Crippen LogP contribution in [0, 0.1) is 11.8 Å². The Hall–Kier alpha value is -2.28. The van der Waals surface area contributed by atoms with E-state index in [1.54, 1.807) is 31.2 Å². The van der Waals surface area contributed by atoms with Crippen molar-refractivity contribution in [3.05, 3.63) is 35.4 Å². The molecule has 0 amide bonds. The maximum atomic E-state index is 11.1. The molecule has 4 nitrogen and oxygen atoms in total. The molecule has 0 heterocycles. The zero-order valence-corrected chi connectivity index (χ0v) is 9.65. The van der Waals surface area contributed by atoms with Gasteiger partial charge >= 0.3 is 11.9 Å². The van der Waals surface area contributed by atoms with Crippen LogP contribution in [0.3, 0.4) is 0 Å². The highest BCUT2D eigenvalue weighted by Gasteiger charge is 2.03. The van der Waals surface area contributed by atoms with E-state index in [1.807, 2.05) is 0 Å². The Balaban J connectivity index is 2.75. The van der Waals surface area contributed by atoms with Gasteiger partial charge in [-0.15, -0.1) is 0 Å². The number of hydrogen-bond donors (Lipinski definition) is 0.